The number of ether oxygens (including phenoxy) is 1. The Morgan fingerprint density at radius 3 is 2.58 bits per heavy atom. The first-order chi connectivity index (χ1) is 18.4. The summed E-state index contributed by atoms with van der Waals surface area (Å²) >= 11 is 0. The minimum atomic E-state index is -0.951. The minimum Gasteiger partial charge on any atom is -0.481 e. The zero-order valence-corrected chi connectivity index (χ0v) is 21.3. The molecule has 0 saturated heterocycles. The zero-order valence-electron chi connectivity index (χ0n) is 21.3. The van der Waals surface area contributed by atoms with Crippen molar-refractivity contribution in [3.05, 3.63) is 53.7 Å². The molecule has 0 bridgehead atoms. The fraction of sp³-hybridized carbons (Fsp3) is 0.393. The van der Waals surface area contributed by atoms with Gasteiger partial charge in [0.25, 0.3) is 5.91 Å². The standard InChI is InChI=1S/C28H31N5O5/c1-2-38-24(36)17-30-27-25(20-12-10-18(16-29)11-13-20)32-26-21(9-6-14-33(26)27)28(37)31-22(15-23(34)35)19-7-4-3-5-8-19/h6,9-14,19,22,30H,2-5,7-8,15,17H2,1H3,(H,31,37)(H,34,35). The molecule has 198 valence electrons. The smallest absolute Gasteiger partial charge is 0.325 e. The van der Waals surface area contributed by atoms with Crippen molar-refractivity contribution in [2.24, 2.45) is 5.92 Å². The summed E-state index contributed by atoms with van der Waals surface area (Å²) in [5.74, 6) is -1.19. The van der Waals surface area contributed by atoms with Crippen molar-refractivity contribution in [2.45, 2.75) is 51.5 Å². The summed E-state index contributed by atoms with van der Waals surface area (Å²) in [5, 5.41) is 24.7. The first-order valence-corrected chi connectivity index (χ1v) is 12.8. The molecule has 1 amide bonds. The van der Waals surface area contributed by atoms with E-state index < -0.39 is 23.9 Å². The molecule has 4 rings (SSSR count). The van der Waals surface area contributed by atoms with Crippen molar-refractivity contribution in [1.82, 2.24) is 14.7 Å². The van der Waals surface area contributed by atoms with Crippen molar-refractivity contribution in [2.75, 3.05) is 18.5 Å². The molecule has 3 aromatic rings. The number of nitrogens with one attached hydrogen (secondary N) is 2. The van der Waals surface area contributed by atoms with Crippen LogP contribution in [-0.2, 0) is 14.3 Å². The SMILES string of the molecule is CCOC(=O)CNc1c(-c2ccc(C#N)cc2)nc2c(C(=O)NC(CC(=O)O)C3CCCCC3)cccn12. The number of benzene rings is 1. The number of aliphatic carboxylic acids is 1. The van der Waals surface area contributed by atoms with Gasteiger partial charge in [0, 0.05) is 17.8 Å². The lowest BCUT2D eigenvalue weighted by molar-refractivity contribution is -0.141. The van der Waals surface area contributed by atoms with E-state index >= 15 is 0 Å². The first-order valence-electron chi connectivity index (χ1n) is 12.8. The number of nitriles is 1. The van der Waals surface area contributed by atoms with Gasteiger partial charge in [0.2, 0.25) is 0 Å². The summed E-state index contributed by atoms with van der Waals surface area (Å²) in [5.41, 5.74) is 2.32. The number of carbonyl (C=O) groups excluding carboxylic acids is 2. The highest BCUT2D eigenvalue weighted by molar-refractivity contribution is 6.01. The number of anilines is 1. The summed E-state index contributed by atoms with van der Waals surface area (Å²) in [4.78, 5) is 41.9. The molecule has 0 radical (unpaired) electrons. The second-order valence-corrected chi connectivity index (χ2v) is 9.35. The first kappa shape index (κ1) is 26.7. The Balaban J connectivity index is 1.71. The van der Waals surface area contributed by atoms with Gasteiger partial charge >= 0.3 is 11.9 Å². The number of hydrogen-bond donors (Lipinski definition) is 3. The number of carboxylic acid groups (broad SMARTS) is 1. The van der Waals surface area contributed by atoms with Crippen LogP contribution in [0.25, 0.3) is 16.9 Å². The maximum absolute atomic E-state index is 13.5. The lowest BCUT2D eigenvalue weighted by Gasteiger charge is -2.30. The van der Waals surface area contributed by atoms with E-state index in [1.165, 1.54) is 0 Å². The Labute approximate surface area is 220 Å². The van der Waals surface area contributed by atoms with Gasteiger partial charge in [-0.05, 0) is 49.9 Å². The number of rotatable bonds is 10. The second-order valence-electron chi connectivity index (χ2n) is 9.35. The Morgan fingerprint density at radius 2 is 1.92 bits per heavy atom. The van der Waals surface area contributed by atoms with Crippen LogP contribution in [0.5, 0.6) is 0 Å². The molecule has 1 unspecified atom stereocenters. The maximum Gasteiger partial charge on any atom is 0.325 e. The number of imidazole rings is 1. The van der Waals surface area contributed by atoms with Gasteiger partial charge in [0.1, 0.15) is 18.1 Å². The highest BCUT2D eigenvalue weighted by atomic mass is 16.5. The molecule has 2 aromatic heterocycles. The third-order valence-corrected chi connectivity index (χ3v) is 6.82. The number of amides is 1. The number of esters is 1. The van der Waals surface area contributed by atoms with Crippen LogP contribution in [0.4, 0.5) is 5.82 Å². The third-order valence-electron chi connectivity index (χ3n) is 6.82. The Morgan fingerprint density at radius 1 is 1.18 bits per heavy atom. The number of hydrogen-bond acceptors (Lipinski definition) is 7. The Hall–Kier alpha value is -4.39. The summed E-state index contributed by atoms with van der Waals surface area (Å²) < 4.78 is 6.73. The minimum absolute atomic E-state index is 0.107. The summed E-state index contributed by atoms with van der Waals surface area (Å²) in [6, 6.07) is 11.8. The normalized spacial score (nSPS) is 14.4. The van der Waals surface area contributed by atoms with Crippen LogP contribution in [0, 0.1) is 17.2 Å². The molecule has 1 aliphatic carbocycles. The van der Waals surface area contributed by atoms with Gasteiger partial charge in [-0.25, -0.2) is 4.98 Å². The van der Waals surface area contributed by atoms with Gasteiger partial charge in [-0.2, -0.15) is 5.26 Å². The van der Waals surface area contributed by atoms with Crippen LogP contribution in [-0.4, -0.2) is 51.5 Å². The average molecular weight is 518 g/mol. The number of aromatic nitrogens is 2. The van der Waals surface area contributed by atoms with E-state index in [0.717, 1.165) is 32.1 Å². The van der Waals surface area contributed by atoms with Crippen LogP contribution in [0.2, 0.25) is 0 Å². The Bertz CT molecular complexity index is 1350. The average Bonchev–Trinajstić information content (AvgIpc) is 3.30. The van der Waals surface area contributed by atoms with Gasteiger partial charge in [-0.15, -0.1) is 0 Å². The van der Waals surface area contributed by atoms with E-state index in [1.54, 1.807) is 53.9 Å². The molecule has 10 nitrogen and oxygen atoms in total. The van der Waals surface area contributed by atoms with E-state index in [9.17, 15) is 19.5 Å². The van der Waals surface area contributed by atoms with Crippen LogP contribution >= 0.6 is 0 Å². The molecule has 1 fully saturated rings. The van der Waals surface area contributed by atoms with Gasteiger partial charge in [-0.1, -0.05) is 31.4 Å². The molecule has 1 atom stereocenters. The lowest BCUT2D eigenvalue weighted by Crippen LogP contribution is -2.42. The molecule has 0 aliphatic heterocycles. The summed E-state index contributed by atoms with van der Waals surface area (Å²) in [6.45, 7) is 1.87. The van der Waals surface area contributed by atoms with Gasteiger partial charge in [0.05, 0.1) is 30.2 Å². The highest BCUT2D eigenvalue weighted by Gasteiger charge is 2.29. The molecule has 1 aromatic carbocycles. The molecular formula is C28H31N5O5. The fourth-order valence-electron chi connectivity index (χ4n) is 4.99. The Kier molecular flexibility index (Phi) is 8.58. The quantitative estimate of drug-likeness (QED) is 0.342. The largest absolute Gasteiger partial charge is 0.481 e. The number of carboxylic acids is 1. The van der Waals surface area contributed by atoms with E-state index in [-0.39, 0.29) is 31.1 Å². The molecule has 10 heteroatoms. The van der Waals surface area contributed by atoms with Crippen molar-refractivity contribution in [3.8, 4) is 17.3 Å². The zero-order chi connectivity index (χ0) is 27.1. The van der Waals surface area contributed by atoms with Gasteiger partial charge in [0.15, 0.2) is 5.65 Å². The van der Waals surface area contributed by atoms with Crippen LogP contribution in [0.1, 0.15) is 61.4 Å². The highest BCUT2D eigenvalue weighted by Crippen LogP contribution is 2.31. The molecule has 1 saturated carbocycles. The molecule has 0 spiro atoms. The van der Waals surface area contributed by atoms with E-state index in [2.05, 4.69) is 16.7 Å². The van der Waals surface area contributed by atoms with Crippen molar-refractivity contribution >= 4 is 29.3 Å². The molecule has 3 N–H and O–H groups in total. The van der Waals surface area contributed by atoms with Crippen LogP contribution in [0.15, 0.2) is 42.6 Å². The lowest BCUT2D eigenvalue weighted by atomic mass is 9.82. The topological polar surface area (TPSA) is 146 Å². The van der Waals surface area contributed by atoms with Crippen molar-refractivity contribution in [3.63, 3.8) is 0 Å². The van der Waals surface area contributed by atoms with Crippen LogP contribution < -0.4 is 10.6 Å². The van der Waals surface area contributed by atoms with Gasteiger partial charge < -0.3 is 20.5 Å². The second kappa shape index (κ2) is 12.2. The molecular weight excluding hydrogens is 486 g/mol. The third kappa shape index (κ3) is 6.11. The van der Waals surface area contributed by atoms with Crippen molar-refractivity contribution < 1.29 is 24.2 Å². The number of carbonyl (C=O) groups is 3. The molecule has 1 aliphatic rings. The summed E-state index contributed by atoms with van der Waals surface area (Å²) in [7, 11) is 0. The number of fused-ring (bicyclic) bond motifs is 1. The molecule has 38 heavy (non-hydrogen) atoms. The fourth-order valence-corrected chi connectivity index (χ4v) is 4.99. The predicted molar refractivity (Wildman–Crippen MR) is 141 cm³/mol. The van der Waals surface area contributed by atoms with Gasteiger partial charge in [-0.3, -0.25) is 18.8 Å². The van der Waals surface area contributed by atoms with E-state index in [4.69, 9.17) is 15.0 Å². The van der Waals surface area contributed by atoms with E-state index in [0.29, 0.717) is 28.3 Å². The van der Waals surface area contributed by atoms with Crippen molar-refractivity contribution in [1.29, 1.82) is 5.26 Å². The number of nitrogens with zero attached hydrogens (tertiary/aromatic N) is 3. The maximum atomic E-state index is 13.5. The van der Waals surface area contributed by atoms with Crippen LogP contribution in [0.3, 0.4) is 0 Å². The molecule has 2 heterocycles. The number of pyridine rings is 1. The van der Waals surface area contributed by atoms with E-state index in [1.807, 2.05) is 0 Å². The summed E-state index contributed by atoms with van der Waals surface area (Å²) in [6.07, 6.45) is 6.53. The predicted octanol–water partition coefficient (Wildman–Crippen LogP) is 4.00. The monoisotopic (exact) mass is 517 g/mol.